The number of halogens is 2. The fraction of sp³-hybridized carbons (Fsp3) is 0.368. The van der Waals surface area contributed by atoms with Crippen LogP contribution in [0.4, 0.5) is 0 Å². The highest BCUT2D eigenvalue weighted by molar-refractivity contribution is 6.36. The summed E-state index contributed by atoms with van der Waals surface area (Å²) in [5.41, 5.74) is 4.05. The van der Waals surface area contributed by atoms with E-state index in [-0.39, 0.29) is 11.3 Å². The van der Waals surface area contributed by atoms with Crippen LogP contribution in [0.1, 0.15) is 34.6 Å². The van der Waals surface area contributed by atoms with Gasteiger partial charge in [0, 0.05) is 16.5 Å². The number of allylic oxidation sites excluding steroid dienone is 10. The molecule has 2 heteroatoms. The van der Waals surface area contributed by atoms with Crippen molar-refractivity contribution < 1.29 is 0 Å². The van der Waals surface area contributed by atoms with E-state index >= 15 is 0 Å². The van der Waals surface area contributed by atoms with Crippen LogP contribution in [0.2, 0.25) is 0 Å². The predicted octanol–water partition coefficient (Wildman–Crippen LogP) is 6.91. The molecule has 0 heterocycles. The highest BCUT2D eigenvalue weighted by Gasteiger charge is 2.27. The first-order valence-electron chi connectivity index (χ1n) is 7.12. The van der Waals surface area contributed by atoms with Gasteiger partial charge in [-0.1, -0.05) is 88.4 Å². The molecule has 1 aliphatic rings. The fourth-order valence-electron chi connectivity index (χ4n) is 2.46. The van der Waals surface area contributed by atoms with Crippen LogP contribution in [0.3, 0.4) is 0 Å². The quantitative estimate of drug-likeness (QED) is 0.529. The zero-order valence-corrected chi connectivity index (χ0v) is 15.1. The molecule has 1 aliphatic carbocycles. The largest absolute Gasteiger partial charge is 0.0984 e. The molecular formula is C19H24Cl2. The highest BCUT2D eigenvalue weighted by Crippen LogP contribution is 2.44. The van der Waals surface area contributed by atoms with Crippen molar-refractivity contribution in [1.29, 1.82) is 0 Å². The molecule has 0 N–H and O–H groups in total. The van der Waals surface area contributed by atoms with E-state index in [1.165, 1.54) is 5.57 Å². The maximum Gasteiger partial charge on any atom is 0.0523 e. The molecule has 1 atom stereocenters. The molecule has 0 aromatic carbocycles. The Morgan fingerprint density at radius 3 is 2.00 bits per heavy atom. The molecule has 0 nitrogen and oxygen atoms in total. The monoisotopic (exact) mass is 322 g/mol. The van der Waals surface area contributed by atoms with Gasteiger partial charge in [0.15, 0.2) is 0 Å². The third-order valence-electron chi connectivity index (χ3n) is 3.78. The first-order chi connectivity index (χ1) is 9.68. The first kappa shape index (κ1) is 18.1. The lowest BCUT2D eigenvalue weighted by Gasteiger charge is -2.28. The van der Waals surface area contributed by atoms with Gasteiger partial charge in [-0.15, -0.1) is 0 Å². The van der Waals surface area contributed by atoms with Crippen LogP contribution in [-0.2, 0) is 0 Å². The van der Waals surface area contributed by atoms with Crippen LogP contribution in [0, 0.1) is 11.3 Å². The van der Waals surface area contributed by atoms with Crippen molar-refractivity contribution in [3.8, 4) is 0 Å². The van der Waals surface area contributed by atoms with Gasteiger partial charge < -0.3 is 0 Å². The Balaban J connectivity index is 3.53. The Morgan fingerprint density at radius 2 is 1.62 bits per heavy atom. The standard InChI is InChI=1S/C19H24Cl2/c1-8-13(19(5,6)7)11-16-12(4)17(20)14(9-2)15(10-3)18(16)21/h8-12H,2-3H2,1,4-7H3/b13-8+,16-11+. The van der Waals surface area contributed by atoms with Gasteiger partial charge in [-0.25, -0.2) is 0 Å². The molecule has 0 aliphatic heterocycles. The van der Waals surface area contributed by atoms with Gasteiger partial charge in [0.1, 0.15) is 0 Å². The van der Waals surface area contributed by atoms with Crippen LogP contribution < -0.4 is 0 Å². The Kier molecular flexibility index (Phi) is 5.90. The van der Waals surface area contributed by atoms with Crippen molar-refractivity contribution in [3.05, 3.63) is 69.8 Å². The SMILES string of the molecule is C=CC1=C(Cl)/C(=C/C(=C\C)C(C)(C)C)C(C)C(Cl)=C1C=C. The van der Waals surface area contributed by atoms with Crippen LogP contribution >= 0.6 is 23.2 Å². The summed E-state index contributed by atoms with van der Waals surface area (Å²) in [5, 5.41) is 1.47. The third kappa shape index (κ3) is 3.62. The average Bonchev–Trinajstić information content (AvgIpc) is 2.41. The normalized spacial score (nSPS) is 22.9. The summed E-state index contributed by atoms with van der Waals surface area (Å²) >= 11 is 13.1. The average molecular weight is 323 g/mol. The second-order valence-corrected chi connectivity index (χ2v) is 7.00. The molecule has 0 bridgehead atoms. The van der Waals surface area contributed by atoms with E-state index in [0.717, 1.165) is 21.8 Å². The van der Waals surface area contributed by atoms with Crippen molar-refractivity contribution in [3.63, 3.8) is 0 Å². The summed E-state index contributed by atoms with van der Waals surface area (Å²) in [6.45, 7) is 18.3. The van der Waals surface area contributed by atoms with E-state index in [1.54, 1.807) is 12.2 Å². The highest BCUT2D eigenvalue weighted by atomic mass is 35.5. The molecule has 0 saturated heterocycles. The minimum Gasteiger partial charge on any atom is -0.0984 e. The molecule has 1 unspecified atom stereocenters. The van der Waals surface area contributed by atoms with Crippen molar-refractivity contribution in [2.45, 2.75) is 34.6 Å². The van der Waals surface area contributed by atoms with Gasteiger partial charge in [-0.05, 0) is 29.1 Å². The molecule has 0 saturated carbocycles. The van der Waals surface area contributed by atoms with Gasteiger partial charge in [0.2, 0.25) is 0 Å². The van der Waals surface area contributed by atoms with Gasteiger partial charge in [-0.2, -0.15) is 0 Å². The Bertz CT molecular complexity index is 575. The lowest BCUT2D eigenvalue weighted by molar-refractivity contribution is 0.515. The smallest absolute Gasteiger partial charge is 0.0523 e. The van der Waals surface area contributed by atoms with E-state index in [1.807, 2.05) is 6.92 Å². The van der Waals surface area contributed by atoms with E-state index in [2.05, 4.69) is 53.0 Å². The van der Waals surface area contributed by atoms with Crippen LogP contribution in [-0.4, -0.2) is 0 Å². The van der Waals surface area contributed by atoms with E-state index in [9.17, 15) is 0 Å². The van der Waals surface area contributed by atoms with Crippen molar-refractivity contribution >= 4 is 23.2 Å². The van der Waals surface area contributed by atoms with Crippen LogP contribution in [0.15, 0.2) is 69.8 Å². The second kappa shape index (κ2) is 6.85. The zero-order chi connectivity index (χ0) is 16.4. The molecule has 0 radical (unpaired) electrons. The summed E-state index contributed by atoms with van der Waals surface area (Å²) in [6.07, 6.45) is 7.76. The minimum atomic E-state index is 0.0492. The first-order valence-corrected chi connectivity index (χ1v) is 7.88. The molecule has 0 spiro atoms. The Hall–Kier alpha value is -0.980. The van der Waals surface area contributed by atoms with E-state index < -0.39 is 0 Å². The molecule has 21 heavy (non-hydrogen) atoms. The number of rotatable bonds is 3. The third-order valence-corrected chi connectivity index (χ3v) is 4.73. The topological polar surface area (TPSA) is 0 Å². The van der Waals surface area contributed by atoms with E-state index in [4.69, 9.17) is 23.2 Å². The molecule has 0 fully saturated rings. The molecular weight excluding hydrogens is 299 g/mol. The summed E-state index contributed by atoms with van der Waals surface area (Å²) in [7, 11) is 0. The van der Waals surface area contributed by atoms with Crippen LogP contribution in [0.25, 0.3) is 0 Å². The van der Waals surface area contributed by atoms with Gasteiger partial charge in [0.05, 0.1) is 5.03 Å². The summed E-state index contributed by atoms with van der Waals surface area (Å²) in [5.74, 6) is 0.0492. The summed E-state index contributed by atoms with van der Waals surface area (Å²) in [6, 6.07) is 0. The summed E-state index contributed by atoms with van der Waals surface area (Å²) < 4.78 is 0. The molecule has 114 valence electrons. The molecule has 0 aromatic rings. The van der Waals surface area contributed by atoms with Crippen molar-refractivity contribution in [1.82, 2.24) is 0 Å². The molecule has 0 amide bonds. The number of hydrogen-bond acceptors (Lipinski definition) is 0. The minimum absolute atomic E-state index is 0.0492. The lowest BCUT2D eigenvalue weighted by atomic mass is 9.81. The van der Waals surface area contributed by atoms with Gasteiger partial charge >= 0.3 is 0 Å². The molecule has 1 rings (SSSR count). The van der Waals surface area contributed by atoms with Crippen LogP contribution in [0.5, 0.6) is 0 Å². The predicted molar refractivity (Wildman–Crippen MR) is 96.6 cm³/mol. The Morgan fingerprint density at radius 1 is 1.10 bits per heavy atom. The molecule has 0 aromatic heterocycles. The van der Waals surface area contributed by atoms with Gasteiger partial charge in [-0.3, -0.25) is 0 Å². The van der Waals surface area contributed by atoms with Crippen molar-refractivity contribution in [2.75, 3.05) is 0 Å². The second-order valence-electron chi connectivity index (χ2n) is 6.21. The maximum atomic E-state index is 6.61. The van der Waals surface area contributed by atoms with Gasteiger partial charge in [0.25, 0.3) is 0 Å². The van der Waals surface area contributed by atoms with E-state index in [0.29, 0.717) is 5.03 Å². The zero-order valence-electron chi connectivity index (χ0n) is 13.6. The summed E-state index contributed by atoms with van der Waals surface area (Å²) in [4.78, 5) is 0. The maximum absolute atomic E-state index is 6.61. The van der Waals surface area contributed by atoms with Crippen molar-refractivity contribution in [2.24, 2.45) is 11.3 Å². The lowest BCUT2D eigenvalue weighted by Crippen LogP contribution is -2.14. The fourth-order valence-corrected chi connectivity index (χ4v) is 3.15. The number of hydrogen-bond donors (Lipinski definition) is 0. The Labute approximate surface area is 139 Å².